The van der Waals surface area contributed by atoms with Crippen LogP contribution in [0.4, 0.5) is 4.39 Å². The summed E-state index contributed by atoms with van der Waals surface area (Å²) in [6, 6.07) is 5.25. The lowest BCUT2D eigenvalue weighted by atomic mass is 9.73. The van der Waals surface area contributed by atoms with Crippen molar-refractivity contribution in [2.24, 2.45) is 5.41 Å². The Morgan fingerprint density at radius 3 is 2.89 bits per heavy atom. The van der Waals surface area contributed by atoms with Crippen LogP contribution in [-0.4, -0.2) is 68.9 Å². The molecule has 7 nitrogen and oxygen atoms in total. The number of carbonyl (C=O) groups excluding carboxylic acids is 2. The van der Waals surface area contributed by atoms with Crippen LogP contribution in [0, 0.1) is 18.3 Å². The quantitative estimate of drug-likeness (QED) is 0.867. The Morgan fingerprint density at radius 2 is 2.14 bits per heavy atom. The first-order valence-electron chi connectivity index (χ1n) is 9.76. The molecule has 2 aromatic heterocycles. The van der Waals surface area contributed by atoms with E-state index >= 15 is 0 Å². The minimum Gasteiger partial charge on any atom is -0.395 e. The minimum atomic E-state index is -0.626. The van der Waals surface area contributed by atoms with E-state index in [9.17, 15) is 19.1 Å². The van der Waals surface area contributed by atoms with Crippen LogP contribution in [0.25, 0.3) is 5.65 Å². The molecule has 0 radical (unpaired) electrons. The van der Waals surface area contributed by atoms with Gasteiger partial charge in [-0.15, -0.1) is 0 Å². The monoisotopic (exact) mass is 388 g/mol. The number of amides is 2. The van der Waals surface area contributed by atoms with Crippen molar-refractivity contribution in [3.8, 4) is 0 Å². The van der Waals surface area contributed by atoms with Crippen LogP contribution >= 0.6 is 0 Å². The third-order valence-corrected chi connectivity index (χ3v) is 6.05. The number of piperidine rings is 2. The molecule has 2 amide bonds. The zero-order valence-electron chi connectivity index (χ0n) is 16.0. The lowest BCUT2D eigenvalue weighted by molar-refractivity contribution is -0.139. The van der Waals surface area contributed by atoms with Gasteiger partial charge >= 0.3 is 0 Å². The molecule has 8 heteroatoms. The van der Waals surface area contributed by atoms with Gasteiger partial charge in [0.25, 0.3) is 5.91 Å². The lowest BCUT2D eigenvalue weighted by Crippen LogP contribution is -2.55. The first-order chi connectivity index (χ1) is 13.4. The summed E-state index contributed by atoms with van der Waals surface area (Å²) in [5.41, 5.74) is 0.764. The molecule has 1 spiro atoms. The van der Waals surface area contributed by atoms with Crippen molar-refractivity contribution in [3.63, 3.8) is 0 Å². The molecule has 1 atom stereocenters. The van der Waals surface area contributed by atoms with Crippen LogP contribution in [0.1, 0.15) is 41.9 Å². The Bertz CT molecular complexity index is 928. The first-order valence-corrected chi connectivity index (χ1v) is 9.76. The Balaban J connectivity index is 1.58. The van der Waals surface area contributed by atoms with E-state index in [-0.39, 0.29) is 23.6 Å². The minimum absolute atomic E-state index is 0.0463. The summed E-state index contributed by atoms with van der Waals surface area (Å²) in [5, 5.41) is 9.22. The maximum absolute atomic E-state index is 14.9. The topological polar surface area (TPSA) is 78.2 Å². The van der Waals surface area contributed by atoms with Gasteiger partial charge in [-0.1, -0.05) is 6.07 Å². The summed E-state index contributed by atoms with van der Waals surface area (Å²) < 4.78 is 16.3. The number of halogens is 1. The molecule has 2 aromatic rings. The highest BCUT2D eigenvalue weighted by Gasteiger charge is 2.43. The molecule has 0 aliphatic carbocycles. The van der Waals surface area contributed by atoms with Crippen LogP contribution < -0.4 is 0 Å². The Hall–Kier alpha value is -2.48. The largest absolute Gasteiger partial charge is 0.395 e. The summed E-state index contributed by atoms with van der Waals surface area (Å²) in [6.07, 6.45) is 2.86. The van der Waals surface area contributed by atoms with Gasteiger partial charge in [-0.05, 0) is 38.3 Å². The van der Waals surface area contributed by atoms with Crippen molar-refractivity contribution in [2.75, 3.05) is 32.8 Å². The highest BCUT2D eigenvalue weighted by atomic mass is 19.1. The molecular weight excluding hydrogens is 363 g/mol. The lowest BCUT2D eigenvalue weighted by Gasteiger charge is -2.48. The average Bonchev–Trinajstić information content (AvgIpc) is 3.02. The summed E-state index contributed by atoms with van der Waals surface area (Å²) in [6.45, 7) is 3.58. The number of aliphatic hydroxyl groups is 1. The van der Waals surface area contributed by atoms with Crippen molar-refractivity contribution in [2.45, 2.75) is 32.6 Å². The van der Waals surface area contributed by atoms with E-state index in [0.717, 1.165) is 12.8 Å². The molecule has 0 saturated carbocycles. The summed E-state index contributed by atoms with van der Waals surface area (Å²) >= 11 is 0. The van der Waals surface area contributed by atoms with Gasteiger partial charge in [0, 0.05) is 43.7 Å². The van der Waals surface area contributed by atoms with E-state index in [4.69, 9.17) is 0 Å². The SMILES string of the molecule is Cc1cccc2nc(C(=O)N3CCCC4(CCC(=O)N(CCO)C4)C3)c(F)n12. The molecule has 1 N–H and O–H groups in total. The third kappa shape index (κ3) is 3.15. The number of hydrogen-bond acceptors (Lipinski definition) is 4. The number of aryl methyl sites for hydroxylation is 1. The molecule has 28 heavy (non-hydrogen) atoms. The molecule has 1 unspecified atom stereocenters. The number of aliphatic hydroxyl groups excluding tert-OH is 1. The smallest absolute Gasteiger partial charge is 0.277 e. The van der Waals surface area contributed by atoms with E-state index in [2.05, 4.69) is 4.98 Å². The van der Waals surface area contributed by atoms with Crippen LogP contribution in [0.15, 0.2) is 18.2 Å². The van der Waals surface area contributed by atoms with Gasteiger partial charge in [0.1, 0.15) is 5.65 Å². The number of likely N-dealkylation sites (tertiary alicyclic amines) is 2. The van der Waals surface area contributed by atoms with E-state index in [0.29, 0.717) is 50.4 Å². The molecule has 2 fully saturated rings. The molecule has 0 bridgehead atoms. The molecule has 150 valence electrons. The summed E-state index contributed by atoms with van der Waals surface area (Å²) in [5.74, 6) is -0.978. The second kappa shape index (κ2) is 7.16. The van der Waals surface area contributed by atoms with Gasteiger partial charge in [0.15, 0.2) is 5.69 Å². The van der Waals surface area contributed by atoms with Crippen LogP contribution in [0.5, 0.6) is 0 Å². The van der Waals surface area contributed by atoms with Crippen molar-refractivity contribution in [1.29, 1.82) is 0 Å². The number of fused-ring (bicyclic) bond motifs is 1. The third-order valence-electron chi connectivity index (χ3n) is 6.05. The van der Waals surface area contributed by atoms with E-state index < -0.39 is 11.9 Å². The predicted octanol–water partition coefficient (Wildman–Crippen LogP) is 1.62. The number of aromatic nitrogens is 2. The molecule has 2 aliphatic rings. The maximum Gasteiger partial charge on any atom is 0.277 e. The number of pyridine rings is 1. The van der Waals surface area contributed by atoms with Gasteiger partial charge in [0.05, 0.1) is 6.61 Å². The van der Waals surface area contributed by atoms with Crippen LogP contribution in [-0.2, 0) is 4.79 Å². The van der Waals surface area contributed by atoms with Crippen LogP contribution in [0.2, 0.25) is 0 Å². The zero-order valence-corrected chi connectivity index (χ0v) is 16.0. The standard InChI is InChI=1S/C20H25FN4O3/c1-14-4-2-5-15-22-17(18(21)25(14)15)19(28)24-9-3-7-20(13-24)8-6-16(27)23(12-20)10-11-26/h2,4-5,26H,3,6-13H2,1H3. The summed E-state index contributed by atoms with van der Waals surface area (Å²) in [7, 11) is 0. The maximum atomic E-state index is 14.9. The fourth-order valence-electron chi connectivity index (χ4n) is 4.64. The van der Waals surface area contributed by atoms with Gasteiger partial charge in [-0.3, -0.25) is 14.0 Å². The second-order valence-corrected chi connectivity index (χ2v) is 7.98. The predicted molar refractivity (Wildman–Crippen MR) is 100 cm³/mol. The van der Waals surface area contributed by atoms with Gasteiger partial charge in [-0.25, -0.2) is 4.98 Å². The van der Waals surface area contributed by atoms with Gasteiger partial charge in [-0.2, -0.15) is 4.39 Å². The number of nitrogens with zero attached hydrogens (tertiary/aromatic N) is 4. The summed E-state index contributed by atoms with van der Waals surface area (Å²) in [4.78, 5) is 32.8. The Labute approximate surface area is 162 Å². The van der Waals surface area contributed by atoms with E-state index in [1.54, 1.807) is 34.9 Å². The molecular formula is C20H25FN4O3. The fraction of sp³-hybridized carbons (Fsp3) is 0.550. The van der Waals surface area contributed by atoms with Crippen molar-refractivity contribution in [3.05, 3.63) is 35.5 Å². The van der Waals surface area contributed by atoms with Gasteiger partial charge < -0.3 is 14.9 Å². The second-order valence-electron chi connectivity index (χ2n) is 7.98. The zero-order chi connectivity index (χ0) is 19.9. The first kappa shape index (κ1) is 18.9. The van der Waals surface area contributed by atoms with E-state index in [1.807, 2.05) is 0 Å². The Kier molecular flexibility index (Phi) is 4.82. The van der Waals surface area contributed by atoms with E-state index in [1.165, 1.54) is 4.40 Å². The van der Waals surface area contributed by atoms with Gasteiger partial charge in [0.2, 0.25) is 11.9 Å². The average molecular weight is 388 g/mol. The number of β-amino-alcohol motifs (C(OH)–C–C–N with tert-alkyl or cyclic N) is 1. The van der Waals surface area contributed by atoms with Crippen molar-refractivity contribution in [1.82, 2.24) is 19.2 Å². The number of imidazole rings is 1. The number of carbonyl (C=O) groups is 2. The van der Waals surface area contributed by atoms with Crippen molar-refractivity contribution < 1.29 is 19.1 Å². The van der Waals surface area contributed by atoms with Crippen LogP contribution in [0.3, 0.4) is 0 Å². The molecule has 0 aromatic carbocycles. The molecule has 2 aliphatic heterocycles. The highest BCUT2D eigenvalue weighted by Crippen LogP contribution is 2.39. The van der Waals surface area contributed by atoms with Crippen molar-refractivity contribution >= 4 is 17.5 Å². The molecule has 4 heterocycles. The fourth-order valence-corrected chi connectivity index (χ4v) is 4.64. The molecule has 4 rings (SSSR count). The number of hydrogen-bond donors (Lipinski definition) is 1. The number of rotatable bonds is 3. The highest BCUT2D eigenvalue weighted by molar-refractivity contribution is 5.93. The normalized spacial score (nSPS) is 23.0. The Morgan fingerprint density at radius 1 is 1.32 bits per heavy atom. The molecule has 2 saturated heterocycles.